The second-order valence-corrected chi connectivity index (χ2v) is 5.06. The normalized spacial score (nSPS) is 10.3. The zero-order chi connectivity index (χ0) is 14.7. The van der Waals surface area contributed by atoms with Gasteiger partial charge in [0, 0.05) is 11.3 Å². The molecule has 104 valence electrons. The third-order valence-electron chi connectivity index (χ3n) is 3.23. The first-order chi connectivity index (χ1) is 9.52. The van der Waals surface area contributed by atoms with E-state index in [9.17, 15) is 4.79 Å². The Morgan fingerprint density at radius 2 is 2.00 bits per heavy atom. The van der Waals surface area contributed by atoms with E-state index in [0.717, 1.165) is 17.5 Å². The number of halogens is 1. The molecular weight excluding hydrogens is 272 g/mol. The number of rotatable bonds is 3. The van der Waals surface area contributed by atoms with Gasteiger partial charge in [0.25, 0.3) is 5.91 Å². The third-order valence-corrected chi connectivity index (χ3v) is 3.56. The quantitative estimate of drug-likeness (QED) is 0.837. The number of hydrogen-bond donors (Lipinski definition) is 2. The van der Waals surface area contributed by atoms with Crippen LogP contribution in [0.25, 0.3) is 0 Å². The Balaban J connectivity index is 2.30. The largest absolute Gasteiger partial charge is 0.398 e. The summed E-state index contributed by atoms with van der Waals surface area (Å²) in [7, 11) is 0. The highest BCUT2D eigenvalue weighted by Gasteiger charge is 2.12. The number of aryl methyl sites for hydroxylation is 2. The first-order valence-corrected chi connectivity index (χ1v) is 6.85. The summed E-state index contributed by atoms with van der Waals surface area (Å²) in [6.45, 7) is 3.91. The Labute approximate surface area is 123 Å². The summed E-state index contributed by atoms with van der Waals surface area (Å²) in [6, 6.07) is 11.0. The molecule has 4 heteroatoms. The standard InChI is InChI=1S/C16H17ClN2O/c1-3-11-6-4-5-7-12(11)16(20)19-15-9-13(17)14(18)8-10(15)2/h4-9H,3,18H2,1-2H3,(H,19,20). The number of hydrogen-bond acceptors (Lipinski definition) is 2. The molecule has 0 saturated carbocycles. The maximum atomic E-state index is 12.4. The number of benzene rings is 2. The molecule has 0 aliphatic rings. The maximum Gasteiger partial charge on any atom is 0.255 e. The number of amides is 1. The van der Waals surface area contributed by atoms with E-state index in [1.54, 1.807) is 12.1 Å². The van der Waals surface area contributed by atoms with E-state index >= 15 is 0 Å². The van der Waals surface area contributed by atoms with Crippen molar-refractivity contribution in [1.29, 1.82) is 0 Å². The lowest BCUT2D eigenvalue weighted by Gasteiger charge is -2.12. The molecule has 0 aliphatic carbocycles. The molecule has 0 aliphatic heterocycles. The van der Waals surface area contributed by atoms with Crippen molar-refractivity contribution in [2.24, 2.45) is 0 Å². The molecule has 1 amide bonds. The maximum absolute atomic E-state index is 12.4. The van der Waals surface area contributed by atoms with E-state index in [1.807, 2.05) is 38.1 Å². The molecule has 0 bridgehead atoms. The number of nitrogens with two attached hydrogens (primary N) is 1. The van der Waals surface area contributed by atoms with Crippen LogP contribution in [0.3, 0.4) is 0 Å². The van der Waals surface area contributed by atoms with Crippen LogP contribution in [0.1, 0.15) is 28.4 Å². The van der Waals surface area contributed by atoms with Crippen LogP contribution in [0, 0.1) is 6.92 Å². The Morgan fingerprint density at radius 3 is 2.70 bits per heavy atom. The van der Waals surface area contributed by atoms with E-state index in [-0.39, 0.29) is 5.91 Å². The number of nitrogen functional groups attached to an aromatic ring is 1. The molecular formula is C16H17ClN2O. The lowest BCUT2D eigenvalue weighted by molar-refractivity contribution is 0.102. The van der Waals surface area contributed by atoms with Crippen LogP contribution in [0.5, 0.6) is 0 Å². The summed E-state index contributed by atoms with van der Waals surface area (Å²) in [5.41, 5.74) is 9.51. The zero-order valence-corrected chi connectivity index (χ0v) is 12.3. The third kappa shape index (κ3) is 2.94. The minimum absolute atomic E-state index is 0.133. The number of nitrogens with one attached hydrogen (secondary N) is 1. The van der Waals surface area contributed by atoms with Crippen LogP contribution < -0.4 is 11.1 Å². The van der Waals surface area contributed by atoms with E-state index in [0.29, 0.717) is 22.0 Å². The number of carbonyl (C=O) groups is 1. The molecule has 20 heavy (non-hydrogen) atoms. The van der Waals surface area contributed by atoms with Crippen molar-refractivity contribution in [3.8, 4) is 0 Å². The minimum Gasteiger partial charge on any atom is -0.398 e. The van der Waals surface area contributed by atoms with Gasteiger partial charge < -0.3 is 11.1 Å². The minimum atomic E-state index is -0.133. The van der Waals surface area contributed by atoms with Crippen LogP contribution in [0.15, 0.2) is 36.4 Å². The van der Waals surface area contributed by atoms with Gasteiger partial charge in [-0.25, -0.2) is 0 Å². The average molecular weight is 289 g/mol. The van der Waals surface area contributed by atoms with E-state index in [4.69, 9.17) is 17.3 Å². The monoisotopic (exact) mass is 288 g/mol. The summed E-state index contributed by atoms with van der Waals surface area (Å²) in [5, 5.41) is 3.33. The molecule has 0 spiro atoms. The highest BCUT2D eigenvalue weighted by atomic mass is 35.5. The van der Waals surface area contributed by atoms with Crippen molar-refractivity contribution in [2.75, 3.05) is 11.1 Å². The zero-order valence-electron chi connectivity index (χ0n) is 11.5. The van der Waals surface area contributed by atoms with Gasteiger partial charge in [0.2, 0.25) is 0 Å². The molecule has 0 aromatic heterocycles. The van der Waals surface area contributed by atoms with Gasteiger partial charge in [-0.3, -0.25) is 4.79 Å². The lowest BCUT2D eigenvalue weighted by Crippen LogP contribution is -2.15. The van der Waals surface area contributed by atoms with Gasteiger partial charge in [0.15, 0.2) is 0 Å². The molecule has 2 rings (SSSR count). The molecule has 3 N–H and O–H groups in total. The molecule has 0 unspecified atom stereocenters. The Bertz CT molecular complexity index is 653. The summed E-state index contributed by atoms with van der Waals surface area (Å²) in [6.07, 6.45) is 0.811. The first-order valence-electron chi connectivity index (χ1n) is 6.47. The van der Waals surface area contributed by atoms with Gasteiger partial charge in [-0.15, -0.1) is 0 Å². The average Bonchev–Trinajstić information content (AvgIpc) is 2.44. The van der Waals surface area contributed by atoms with Crippen molar-refractivity contribution in [1.82, 2.24) is 0 Å². The van der Waals surface area contributed by atoms with Crippen molar-refractivity contribution in [3.63, 3.8) is 0 Å². The van der Waals surface area contributed by atoms with Crippen LogP contribution in [-0.4, -0.2) is 5.91 Å². The molecule has 3 nitrogen and oxygen atoms in total. The smallest absolute Gasteiger partial charge is 0.255 e. The summed E-state index contributed by atoms with van der Waals surface area (Å²) in [4.78, 5) is 12.4. The predicted molar refractivity (Wildman–Crippen MR) is 84.4 cm³/mol. The van der Waals surface area contributed by atoms with Crippen LogP contribution in [0.4, 0.5) is 11.4 Å². The second-order valence-electron chi connectivity index (χ2n) is 4.65. The number of anilines is 2. The highest BCUT2D eigenvalue weighted by Crippen LogP contribution is 2.27. The predicted octanol–water partition coefficient (Wildman–Crippen LogP) is 4.05. The van der Waals surface area contributed by atoms with Crippen LogP contribution in [0.2, 0.25) is 5.02 Å². The summed E-state index contributed by atoms with van der Waals surface area (Å²) >= 11 is 6.00. The van der Waals surface area contributed by atoms with Gasteiger partial charge in [-0.2, -0.15) is 0 Å². The van der Waals surface area contributed by atoms with Gasteiger partial charge in [-0.05, 0) is 42.7 Å². The van der Waals surface area contributed by atoms with Gasteiger partial charge in [-0.1, -0.05) is 36.7 Å². The van der Waals surface area contributed by atoms with Gasteiger partial charge in [0.05, 0.1) is 10.7 Å². The van der Waals surface area contributed by atoms with Crippen LogP contribution >= 0.6 is 11.6 Å². The molecule has 0 radical (unpaired) electrons. The fraction of sp³-hybridized carbons (Fsp3) is 0.188. The Hall–Kier alpha value is -2.00. The lowest BCUT2D eigenvalue weighted by atomic mass is 10.0. The van der Waals surface area contributed by atoms with Gasteiger partial charge in [0.1, 0.15) is 0 Å². The number of carbonyl (C=O) groups excluding carboxylic acids is 1. The van der Waals surface area contributed by atoms with Gasteiger partial charge >= 0.3 is 0 Å². The van der Waals surface area contributed by atoms with E-state index in [1.165, 1.54) is 0 Å². The molecule has 0 fully saturated rings. The Morgan fingerprint density at radius 1 is 1.30 bits per heavy atom. The van der Waals surface area contributed by atoms with Crippen molar-refractivity contribution in [2.45, 2.75) is 20.3 Å². The van der Waals surface area contributed by atoms with Crippen molar-refractivity contribution in [3.05, 3.63) is 58.1 Å². The van der Waals surface area contributed by atoms with Crippen LogP contribution in [-0.2, 0) is 6.42 Å². The molecule has 2 aromatic rings. The highest BCUT2D eigenvalue weighted by molar-refractivity contribution is 6.33. The first kappa shape index (κ1) is 14.4. The molecule has 0 saturated heterocycles. The molecule has 2 aromatic carbocycles. The summed E-state index contributed by atoms with van der Waals surface area (Å²) in [5.74, 6) is -0.133. The fourth-order valence-corrected chi connectivity index (χ4v) is 2.24. The van der Waals surface area contributed by atoms with Crippen molar-refractivity contribution >= 4 is 28.9 Å². The van der Waals surface area contributed by atoms with E-state index in [2.05, 4.69) is 5.32 Å². The summed E-state index contributed by atoms with van der Waals surface area (Å²) < 4.78 is 0. The fourth-order valence-electron chi connectivity index (χ4n) is 2.08. The Kier molecular flexibility index (Phi) is 4.30. The molecule has 0 heterocycles. The second kappa shape index (κ2) is 5.97. The topological polar surface area (TPSA) is 55.1 Å². The van der Waals surface area contributed by atoms with E-state index < -0.39 is 0 Å². The van der Waals surface area contributed by atoms with Crippen molar-refractivity contribution < 1.29 is 4.79 Å². The SMILES string of the molecule is CCc1ccccc1C(=O)Nc1cc(Cl)c(N)cc1C. The molecule has 0 atom stereocenters.